The van der Waals surface area contributed by atoms with Crippen molar-refractivity contribution in [2.75, 3.05) is 244 Å². The number of aromatic nitrogens is 12. The number of H-pyrrole nitrogens is 1. The molecular weight excluding hydrogens is 2070 g/mol. The number of morpholine rings is 2. The van der Waals surface area contributed by atoms with Crippen LogP contribution in [-0.2, 0) is 91.9 Å². The number of nitrogens with one attached hydrogen (secondary N) is 6. The van der Waals surface area contributed by atoms with Crippen molar-refractivity contribution in [3.05, 3.63) is 144 Å². The van der Waals surface area contributed by atoms with Gasteiger partial charge in [0.05, 0.1) is 178 Å². The van der Waals surface area contributed by atoms with E-state index in [-0.39, 0.29) is 52.5 Å². The predicted octanol–water partition coefficient (Wildman–Crippen LogP) is 9.79. The molecule has 47 nitrogen and oxygen atoms in total. The number of methoxy groups -OCH3 is 1. The standard InChI is InChI=1S/C22H26ClN7O3S.C11H10ClN3O2S.C11H16N4O2.C9H16O4.C7H7ClN2O2.C7H10N2O3.C7H8N2O3.C7H14O3.C4H10N2.C3H6O2.Cl3OP/c1-2-33-20(31)15-12-24-22(25-13-15)30-5-3-28(4-6-30)14-16-11-17-18(34-16)19(27-21(23)26-17)29-7-9-32-10-8-29;12-11-13-8-5-7(6-16)18-9(8)10(14-11)15-1-3-17-4-2-15;1-2-17-10(16)9-7-13-11(14-8-9)15-5-3-12-4-6-15;1-4-12-7-8(6-11-3)9(10)13-5-2;1-2-12-6(11)5-3-9-7(8)10-4-5;2*1-2-12-6(10)5-3-8-7(11)9-4-5;1-3-9-6-5-7(8)10-4-2;1-2-6-4-3-5-1;1-2-5-3-4;1-5(2,3)4/h11-13H,2-10,14H2,1H3;5-6H,1-4H2;7-8,12H,2-6H2,1H3;6H,4-5,7H2,1-3H3;3-4H,2H2,1H3;3H,2,4H2,1H3,(H2,8,9,11);3-4H,2H2,1H3,(H,8,9,11);3-6H2,1-2H3;5-6H,1-4H2;3H,2H2,1H3;/b;;;8-6-;;;;;;;. The number of urea groups is 1. The highest BCUT2D eigenvalue weighted by molar-refractivity contribution is 8.24. The van der Waals surface area contributed by atoms with Crippen molar-refractivity contribution in [3.8, 4) is 0 Å². The van der Waals surface area contributed by atoms with Gasteiger partial charge < -0.3 is 113 Å². The second-order valence-electron chi connectivity index (χ2n) is 28.4. The molecule has 144 heavy (non-hydrogen) atoms. The van der Waals surface area contributed by atoms with Crippen LogP contribution >= 0.6 is 96.4 Å². The fourth-order valence-corrected chi connectivity index (χ4v) is 14.3. The number of piperazine rings is 3. The van der Waals surface area contributed by atoms with E-state index in [9.17, 15) is 57.3 Å². The van der Waals surface area contributed by atoms with Gasteiger partial charge in [0.25, 0.3) is 6.47 Å². The molecule has 0 bridgehead atoms. The highest BCUT2D eigenvalue weighted by Gasteiger charge is 2.26. The molecule has 0 saturated carbocycles. The Labute approximate surface area is 870 Å². The number of hydrogen-bond acceptors (Lipinski definition) is 46. The van der Waals surface area contributed by atoms with Gasteiger partial charge in [-0.3, -0.25) is 23.8 Å². The van der Waals surface area contributed by atoms with Gasteiger partial charge >= 0.3 is 58.7 Å². The van der Waals surface area contributed by atoms with Gasteiger partial charge in [-0.25, -0.2) is 83.2 Å². The van der Waals surface area contributed by atoms with Gasteiger partial charge in [-0.2, -0.15) is 9.97 Å². The fourth-order valence-electron chi connectivity index (χ4n) is 11.8. The maximum Gasteiger partial charge on any atom is 0.344 e. The van der Waals surface area contributed by atoms with Crippen LogP contribution in [0.5, 0.6) is 0 Å². The van der Waals surface area contributed by atoms with E-state index in [0.717, 1.165) is 150 Å². The van der Waals surface area contributed by atoms with Gasteiger partial charge in [0.1, 0.15) is 0 Å². The molecule has 6 aliphatic heterocycles. The van der Waals surface area contributed by atoms with Crippen molar-refractivity contribution in [2.45, 2.75) is 82.2 Å². The van der Waals surface area contributed by atoms with Gasteiger partial charge in [0.2, 0.25) is 27.7 Å². The number of thiophene rings is 2. The third-order valence-corrected chi connectivity index (χ3v) is 21.0. The quantitative estimate of drug-likeness (QED) is 0.00356. The Bertz CT molecular complexity index is 5290. The normalized spacial score (nSPS) is 14.2. The topological polar surface area (TPSA) is 559 Å². The second kappa shape index (κ2) is 74.0. The number of fused-ring (bicyclic) bond motifs is 2. The number of aromatic amines is 1. The largest absolute Gasteiger partial charge is 0.504 e. The van der Waals surface area contributed by atoms with E-state index >= 15 is 0 Å². The Balaban J connectivity index is 0.000000346. The molecule has 0 aliphatic carbocycles. The molecule has 0 unspecified atom stereocenters. The van der Waals surface area contributed by atoms with Gasteiger partial charge in [0.15, 0.2) is 17.9 Å². The lowest BCUT2D eigenvalue weighted by Crippen LogP contribution is -2.46. The SMILES string of the molecule is C1CNCCN1.CCOC(=O)C1=CNC(=O)NC1.CCOC(=O)c1cnc(=O)[nH]c1.CCOC(=O)c1cnc(Cl)nc1.CCOC(=O)c1cnc(N2CCN(Cc3cc4nc(Cl)nc(N5CCOCC5)c4s3)CC2)nc1.CCOC(=O)c1cnc(N2CCNCC2)nc1.CCOC/C(=C/OC)C(=O)OCC.CCOC=O.CCOCCC(=O)OCC.O=Cc1cc2nc(Cl)nc(N3CCOCC3)c2s1.O=P(Cl)(Cl)Cl. The molecule has 14 heterocycles. The Kier molecular flexibility index (Phi) is 64.4. The average Bonchev–Trinajstić information content (AvgIpc) is 1.67. The first kappa shape index (κ1) is 125. The highest BCUT2D eigenvalue weighted by atomic mass is 36.0. The summed E-state index contributed by atoms with van der Waals surface area (Å²) in [6.45, 7) is 41.6. The average molecular weight is 2200 g/mol. The Hall–Kier alpha value is -11.0. The molecule has 56 heteroatoms. The lowest BCUT2D eigenvalue weighted by molar-refractivity contribution is -0.144. The fraction of sp³-hybridized carbons (Fsp3) is 0.523. The number of rotatable bonds is 30. The summed E-state index contributed by atoms with van der Waals surface area (Å²) in [5.74, 6) is 0.335. The van der Waals surface area contributed by atoms with E-state index in [2.05, 4.69) is 165 Å². The number of amides is 2. The summed E-state index contributed by atoms with van der Waals surface area (Å²) in [7, 11) is 1.48. The third kappa shape index (κ3) is 51.2. The van der Waals surface area contributed by atoms with Crippen molar-refractivity contribution in [1.29, 1.82) is 0 Å². The van der Waals surface area contributed by atoms with Crippen molar-refractivity contribution < 1.29 is 114 Å². The summed E-state index contributed by atoms with van der Waals surface area (Å²) in [4.78, 5) is 179. The number of nitrogens with zero attached hydrogens (tertiary/aromatic N) is 16. The van der Waals surface area contributed by atoms with Gasteiger partial charge in [0, 0.05) is 185 Å². The molecule has 6 aliphatic rings. The third-order valence-electron chi connectivity index (χ3n) is 18.3. The van der Waals surface area contributed by atoms with Crippen LogP contribution < -0.4 is 51.9 Å². The molecule has 0 radical (unpaired) electrons. The molecule has 14 rings (SSSR count). The number of hydrogen-bond donors (Lipinski definition) is 6. The summed E-state index contributed by atoms with van der Waals surface area (Å²) < 4.78 is 74.6. The second-order valence-corrected chi connectivity index (χ2v) is 38.2. The Morgan fingerprint density at radius 3 is 1.33 bits per heavy atom. The minimum Gasteiger partial charge on any atom is -0.504 e. The Morgan fingerprint density at radius 2 is 0.924 bits per heavy atom. The lowest BCUT2D eigenvalue weighted by atomic mass is 10.2. The molecule has 0 spiro atoms. The molecule has 0 aromatic carbocycles. The Morgan fingerprint density at radius 1 is 0.486 bits per heavy atom. The minimum atomic E-state index is -3.22. The number of carbonyl (C=O) groups is 10. The van der Waals surface area contributed by atoms with E-state index < -0.39 is 40.7 Å². The minimum absolute atomic E-state index is 0.114. The summed E-state index contributed by atoms with van der Waals surface area (Å²) in [6.07, 6.45) is 15.1. The monoisotopic (exact) mass is 2190 g/mol. The number of carbonyl (C=O) groups excluding carboxylic acids is 10. The summed E-state index contributed by atoms with van der Waals surface area (Å²) >= 11 is 34.6. The smallest absolute Gasteiger partial charge is 0.344 e. The number of anilines is 4. The first-order valence-electron chi connectivity index (χ1n) is 45.5. The van der Waals surface area contributed by atoms with Crippen molar-refractivity contribution in [2.24, 2.45) is 0 Å². The maximum absolute atomic E-state index is 11.8. The van der Waals surface area contributed by atoms with Crippen LogP contribution in [-0.4, -0.2) is 349 Å². The maximum atomic E-state index is 11.8. The van der Waals surface area contributed by atoms with Crippen molar-refractivity contribution >= 4 is 201 Å². The van der Waals surface area contributed by atoms with Crippen LogP contribution in [0.1, 0.15) is 132 Å². The van der Waals surface area contributed by atoms with Crippen LogP contribution in [0.4, 0.5) is 28.3 Å². The van der Waals surface area contributed by atoms with Crippen molar-refractivity contribution in [3.63, 3.8) is 0 Å². The lowest BCUT2D eigenvalue weighted by Gasteiger charge is -2.34. The van der Waals surface area contributed by atoms with E-state index in [1.54, 1.807) is 72.8 Å². The number of halogens is 6. The molecule has 6 N–H and O–H groups in total. The number of ether oxygens (including phenoxy) is 13. The first-order chi connectivity index (χ1) is 69.4. The molecule has 5 fully saturated rings. The van der Waals surface area contributed by atoms with E-state index in [1.807, 2.05) is 13.8 Å². The number of esters is 7. The zero-order valence-corrected chi connectivity index (χ0v) is 88.8. The molecule has 8 aromatic heterocycles. The van der Waals surface area contributed by atoms with Crippen molar-refractivity contribution in [1.82, 2.24) is 91.3 Å². The summed E-state index contributed by atoms with van der Waals surface area (Å²) in [5, 5.41) is 11.9. The molecular formula is C88H123Cl6N22O25PS2. The highest BCUT2D eigenvalue weighted by Crippen LogP contribution is 2.61. The molecule has 2 amide bonds. The molecule has 794 valence electrons. The zero-order chi connectivity index (χ0) is 106. The molecule has 8 aromatic rings. The van der Waals surface area contributed by atoms with Crippen LogP contribution in [0.2, 0.25) is 15.9 Å². The molecule has 0 atom stereocenters. The van der Waals surface area contributed by atoms with Gasteiger partial charge in [-0.1, -0.05) is 0 Å². The van der Waals surface area contributed by atoms with Crippen LogP contribution in [0.15, 0.2) is 90.1 Å². The zero-order valence-electron chi connectivity index (χ0n) is 81.7. The van der Waals surface area contributed by atoms with E-state index in [1.165, 1.54) is 85.4 Å². The van der Waals surface area contributed by atoms with Gasteiger partial charge in [-0.05, 0) is 150 Å². The molecule has 5 saturated heterocycles. The first-order valence-corrected chi connectivity index (χ1v) is 52.6. The summed E-state index contributed by atoms with van der Waals surface area (Å²) in [5.41, 5.74) is 3.28. The summed E-state index contributed by atoms with van der Waals surface area (Å²) in [6, 6.07) is 3.56. The number of aldehydes is 1. The predicted molar refractivity (Wildman–Crippen MR) is 544 cm³/mol. The van der Waals surface area contributed by atoms with Gasteiger partial charge in [-0.15, -0.1) is 22.7 Å². The van der Waals surface area contributed by atoms with E-state index in [4.69, 9.17) is 82.2 Å². The van der Waals surface area contributed by atoms with Crippen LogP contribution in [0.25, 0.3) is 20.4 Å². The van der Waals surface area contributed by atoms with E-state index in [0.29, 0.717) is 157 Å². The van der Waals surface area contributed by atoms with Crippen LogP contribution in [0, 0.1) is 0 Å². The van der Waals surface area contributed by atoms with Crippen LogP contribution in [0.3, 0.4) is 0 Å².